The van der Waals surface area contributed by atoms with Gasteiger partial charge in [-0.2, -0.15) is 0 Å². The Kier molecular flexibility index (Phi) is 3.82. The molecule has 1 aromatic heterocycles. The first-order chi connectivity index (χ1) is 9.11. The van der Waals surface area contributed by atoms with E-state index in [1.165, 1.54) is 25.3 Å². The Labute approximate surface area is 113 Å². The molecule has 1 heterocycles. The molecular formula is C12H9ClN2O4. The molecule has 1 aromatic carbocycles. The maximum absolute atomic E-state index is 11.1. The van der Waals surface area contributed by atoms with E-state index in [1.54, 1.807) is 12.1 Å². The normalized spacial score (nSPS) is 10.0. The van der Waals surface area contributed by atoms with E-state index < -0.39 is 5.97 Å². The quantitative estimate of drug-likeness (QED) is 0.927. The minimum absolute atomic E-state index is 0.0314. The summed E-state index contributed by atoms with van der Waals surface area (Å²) in [6.07, 6.45) is 0. The number of aromatic nitrogens is 2. The molecule has 0 bridgehead atoms. The smallest absolute Gasteiger partial charge is 0.339 e. The average Bonchev–Trinajstić information content (AvgIpc) is 2.41. The van der Waals surface area contributed by atoms with Crippen LogP contribution in [0, 0.1) is 0 Å². The predicted octanol–water partition coefficient (Wildman–Crippen LogP) is 2.63. The molecule has 0 saturated carbocycles. The highest BCUT2D eigenvalue weighted by molar-refractivity contribution is 6.29. The molecule has 0 unspecified atom stereocenters. The van der Waals surface area contributed by atoms with Gasteiger partial charge in [0, 0.05) is 6.07 Å². The number of hydrogen-bond donors (Lipinski definition) is 1. The van der Waals surface area contributed by atoms with Crippen molar-refractivity contribution in [2.24, 2.45) is 0 Å². The largest absolute Gasteiger partial charge is 0.493 e. The molecule has 98 valence electrons. The Bertz CT molecular complexity index is 601. The first kappa shape index (κ1) is 13.1. The first-order valence-electron chi connectivity index (χ1n) is 5.19. The third kappa shape index (κ3) is 2.92. The second-order valence-corrected chi connectivity index (χ2v) is 3.83. The van der Waals surface area contributed by atoms with E-state index in [-0.39, 0.29) is 28.1 Å². The Morgan fingerprint density at radius 1 is 1.26 bits per heavy atom. The van der Waals surface area contributed by atoms with Crippen molar-refractivity contribution in [3.8, 4) is 17.4 Å². The van der Waals surface area contributed by atoms with Crippen LogP contribution >= 0.6 is 11.6 Å². The maximum atomic E-state index is 11.1. The maximum Gasteiger partial charge on any atom is 0.339 e. The SMILES string of the molecule is COc1cccc(C(=O)O)c1Oc1ccc(Cl)nn1. The Hall–Kier alpha value is -2.34. The minimum atomic E-state index is -1.13. The van der Waals surface area contributed by atoms with Crippen molar-refractivity contribution in [2.75, 3.05) is 7.11 Å². The molecular weight excluding hydrogens is 272 g/mol. The summed E-state index contributed by atoms with van der Waals surface area (Å²) < 4.78 is 10.5. The Balaban J connectivity index is 2.42. The molecule has 0 atom stereocenters. The van der Waals surface area contributed by atoms with Crippen molar-refractivity contribution in [3.05, 3.63) is 41.0 Å². The van der Waals surface area contributed by atoms with Gasteiger partial charge in [0.05, 0.1) is 7.11 Å². The molecule has 0 saturated heterocycles. The fourth-order valence-corrected chi connectivity index (χ4v) is 1.51. The van der Waals surface area contributed by atoms with Crippen molar-refractivity contribution in [1.29, 1.82) is 0 Å². The molecule has 0 aliphatic rings. The van der Waals surface area contributed by atoms with Gasteiger partial charge in [0.15, 0.2) is 16.7 Å². The molecule has 7 heteroatoms. The monoisotopic (exact) mass is 280 g/mol. The Morgan fingerprint density at radius 3 is 2.63 bits per heavy atom. The van der Waals surface area contributed by atoms with Crippen molar-refractivity contribution in [2.45, 2.75) is 0 Å². The number of carbonyl (C=O) groups is 1. The zero-order valence-corrected chi connectivity index (χ0v) is 10.6. The topological polar surface area (TPSA) is 81.5 Å². The van der Waals surface area contributed by atoms with Gasteiger partial charge in [-0.3, -0.25) is 0 Å². The zero-order valence-electron chi connectivity index (χ0n) is 9.83. The van der Waals surface area contributed by atoms with Crippen LogP contribution in [0.1, 0.15) is 10.4 Å². The highest BCUT2D eigenvalue weighted by Crippen LogP contribution is 2.34. The van der Waals surface area contributed by atoms with Gasteiger partial charge in [-0.15, -0.1) is 10.2 Å². The number of carboxylic acid groups (broad SMARTS) is 1. The molecule has 0 fully saturated rings. The van der Waals surface area contributed by atoms with Crippen LogP contribution in [0.2, 0.25) is 5.15 Å². The summed E-state index contributed by atoms with van der Waals surface area (Å²) in [5.41, 5.74) is -0.0314. The van der Waals surface area contributed by atoms with Gasteiger partial charge in [-0.05, 0) is 18.2 Å². The molecule has 19 heavy (non-hydrogen) atoms. The molecule has 0 aliphatic carbocycles. The summed E-state index contributed by atoms with van der Waals surface area (Å²) in [7, 11) is 1.42. The lowest BCUT2D eigenvalue weighted by molar-refractivity contribution is 0.0693. The molecule has 2 rings (SSSR count). The van der Waals surface area contributed by atoms with Crippen LogP contribution in [0.4, 0.5) is 0 Å². The van der Waals surface area contributed by atoms with Gasteiger partial charge in [0.2, 0.25) is 5.88 Å². The van der Waals surface area contributed by atoms with Crippen molar-refractivity contribution >= 4 is 17.6 Å². The van der Waals surface area contributed by atoms with E-state index in [0.29, 0.717) is 0 Å². The number of carboxylic acids is 1. The van der Waals surface area contributed by atoms with Crippen LogP contribution in [0.5, 0.6) is 17.4 Å². The van der Waals surface area contributed by atoms with Crippen LogP contribution in [-0.2, 0) is 0 Å². The summed E-state index contributed by atoms with van der Waals surface area (Å²) in [5.74, 6) is -0.655. The van der Waals surface area contributed by atoms with Gasteiger partial charge in [0.1, 0.15) is 5.56 Å². The van der Waals surface area contributed by atoms with Crippen LogP contribution < -0.4 is 9.47 Å². The molecule has 6 nitrogen and oxygen atoms in total. The highest BCUT2D eigenvalue weighted by Gasteiger charge is 2.17. The van der Waals surface area contributed by atoms with E-state index in [9.17, 15) is 4.79 Å². The third-order valence-corrected chi connectivity index (χ3v) is 2.44. The van der Waals surface area contributed by atoms with Gasteiger partial charge in [-0.1, -0.05) is 17.7 Å². The highest BCUT2D eigenvalue weighted by atomic mass is 35.5. The van der Waals surface area contributed by atoms with Gasteiger partial charge in [-0.25, -0.2) is 4.79 Å². The summed E-state index contributed by atoms with van der Waals surface area (Å²) >= 11 is 5.61. The van der Waals surface area contributed by atoms with Crippen LogP contribution in [0.3, 0.4) is 0 Å². The van der Waals surface area contributed by atoms with Crippen molar-refractivity contribution in [1.82, 2.24) is 10.2 Å². The number of hydrogen-bond acceptors (Lipinski definition) is 5. The fourth-order valence-electron chi connectivity index (χ4n) is 1.41. The molecule has 2 aromatic rings. The second kappa shape index (κ2) is 5.53. The number of para-hydroxylation sites is 1. The lowest BCUT2D eigenvalue weighted by Gasteiger charge is -2.11. The molecule has 1 N–H and O–H groups in total. The van der Waals surface area contributed by atoms with Gasteiger partial charge < -0.3 is 14.6 Å². The number of methoxy groups -OCH3 is 1. The number of rotatable bonds is 4. The molecule has 0 amide bonds. The van der Waals surface area contributed by atoms with Crippen LogP contribution in [0.25, 0.3) is 0 Å². The standard InChI is InChI=1S/C12H9ClN2O4/c1-18-8-4-2-3-7(12(16)17)11(8)19-10-6-5-9(13)14-15-10/h2-6H,1H3,(H,16,17). The van der Waals surface area contributed by atoms with E-state index in [4.69, 9.17) is 26.2 Å². The fraction of sp³-hybridized carbons (Fsp3) is 0.0833. The third-order valence-electron chi connectivity index (χ3n) is 2.24. The van der Waals surface area contributed by atoms with Crippen molar-refractivity contribution < 1.29 is 19.4 Å². The van der Waals surface area contributed by atoms with E-state index in [1.807, 2.05) is 0 Å². The van der Waals surface area contributed by atoms with E-state index >= 15 is 0 Å². The van der Waals surface area contributed by atoms with E-state index in [2.05, 4.69) is 10.2 Å². The van der Waals surface area contributed by atoms with Gasteiger partial charge in [0.25, 0.3) is 0 Å². The summed E-state index contributed by atoms with van der Waals surface area (Å²) in [4.78, 5) is 11.1. The molecule has 0 spiro atoms. The van der Waals surface area contributed by atoms with E-state index in [0.717, 1.165) is 0 Å². The lowest BCUT2D eigenvalue weighted by Crippen LogP contribution is -2.02. The zero-order chi connectivity index (χ0) is 13.8. The van der Waals surface area contributed by atoms with Crippen LogP contribution in [0.15, 0.2) is 30.3 Å². The Morgan fingerprint density at radius 2 is 2.05 bits per heavy atom. The second-order valence-electron chi connectivity index (χ2n) is 3.44. The number of nitrogens with zero attached hydrogens (tertiary/aromatic N) is 2. The molecule has 0 aliphatic heterocycles. The number of benzene rings is 1. The number of aromatic carboxylic acids is 1. The molecule has 0 radical (unpaired) electrons. The number of halogens is 1. The summed E-state index contributed by atoms with van der Waals surface area (Å²) in [5, 5.41) is 16.6. The predicted molar refractivity (Wildman–Crippen MR) is 67.1 cm³/mol. The van der Waals surface area contributed by atoms with Gasteiger partial charge >= 0.3 is 5.97 Å². The van der Waals surface area contributed by atoms with Crippen molar-refractivity contribution in [3.63, 3.8) is 0 Å². The number of ether oxygens (including phenoxy) is 2. The lowest BCUT2D eigenvalue weighted by atomic mass is 10.2. The summed E-state index contributed by atoms with van der Waals surface area (Å²) in [6, 6.07) is 7.52. The average molecular weight is 281 g/mol. The van der Waals surface area contributed by atoms with Crippen LogP contribution in [-0.4, -0.2) is 28.4 Å². The summed E-state index contributed by atoms with van der Waals surface area (Å²) in [6.45, 7) is 0. The minimum Gasteiger partial charge on any atom is -0.493 e. The first-order valence-corrected chi connectivity index (χ1v) is 5.57.